The minimum absolute atomic E-state index is 0.0379. The number of nitrogens with zero attached hydrogens (tertiary/aromatic N) is 5. The van der Waals surface area contributed by atoms with Gasteiger partial charge < -0.3 is 25.0 Å². The van der Waals surface area contributed by atoms with Crippen LogP contribution in [0, 0.1) is 23.0 Å². The van der Waals surface area contributed by atoms with Crippen molar-refractivity contribution in [1.29, 1.82) is 5.26 Å². The molecule has 2 aromatic heterocycles. The van der Waals surface area contributed by atoms with Crippen molar-refractivity contribution in [3.05, 3.63) is 34.4 Å². The molecular weight excluding hydrogens is 574 g/mol. The Hall–Kier alpha value is -3.95. The largest absolute Gasteiger partial charge is 0.491 e. The molecule has 4 aromatic rings. The zero-order valence-corrected chi connectivity index (χ0v) is 23.8. The number of carbonyl (C=O) groups excluding carboxylic acids is 1. The Bertz CT molecular complexity index is 1760. The van der Waals surface area contributed by atoms with Crippen molar-refractivity contribution in [2.24, 2.45) is 0 Å². The number of halogens is 3. The number of nitrogens with two attached hydrogens (primary N) is 1. The minimum Gasteiger partial charge on any atom is -0.491 e. The monoisotopic (exact) mass is 598 g/mol. The lowest BCUT2D eigenvalue weighted by molar-refractivity contribution is -0.118. The number of thiophene rings is 1. The van der Waals surface area contributed by atoms with Crippen LogP contribution in [-0.4, -0.2) is 60.2 Å². The van der Waals surface area contributed by atoms with E-state index in [0.29, 0.717) is 25.3 Å². The van der Waals surface area contributed by atoms with Gasteiger partial charge in [-0.05, 0) is 31.4 Å². The number of nitriles is 1. The first-order chi connectivity index (χ1) is 19.8. The van der Waals surface area contributed by atoms with Crippen LogP contribution in [0.1, 0.15) is 31.7 Å². The molecule has 2 aliphatic heterocycles. The Morgan fingerprint density at radius 2 is 2.12 bits per heavy atom. The van der Waals surface area contributed by atoms with Crippen molar-refractivity contribution in [1.82, 2.24) is 14.9 Å². The second-order valence-electron chi connectivity index (χ2n) is 10.1. The third kappa shape index (κ3) is 4.26. The predicted molar refractivity (Wildman–Crippen MR) is 154 cm³/mol. The van der Waals surface area contributed by atoms with Crippen molar-refractivity contribution in [3.8, 4) is 29.0 Å². The normalized spacial score (nSPS) is 18.7. The van der Waals surface area contributed by atoms with Gasteiger partial charge in [-0.1, -0.05) is 17.7 Å². The van der Waals surface area contributed by atoms with Crippen LogP contribution in [0.4, 0.5) is 19.6 Å². The van der Waals surface area contributed by atoms with Crippen molar-refractivity contribution < 1.29 is 23.0 Å². The summed E-state index contributed by atoms with van der Waals surface area (Å²) in [6, 6.07) is 4.38. The van der Waals surface area contributed by atoms with E-state index in [1.807, 2.05) is 17.9 Å². The van der Waals surface area contributed by atoms with E-state index in [1.165, 1.54) is 19.2 Å². The van der Waals surface area contributed by atoms with Crippen LogP contribution >= 0.6 is 22.9 Å². The predicted octanol–water partition coefficient (Wildman–Crippen LogP) is 5.50. The molecule has 1 saturated heterocycles. The van der Waals surface area contributed by atoms with Gasteiger partial charge >= 0.3 is 6.01 Å². The molecule has 0 saturated carbocycles. The topological polar surface area (TPSA) is 118 Å². The molecule has 0 bridgehead atoms. The summed E-state index contributed by atoms with van der Waals surface area (Å²) in [4.78, 5) is 24.5. The minimum atomic E-state index is -0.801. The first-order valence-electron chi connectivity index (χ1n) is 13.1. The second kappa shape index (κ2) is 10.5. The molecule has 0 radical (unpaired) electrons. The van der Waals surface area contributed by atoms with Crippen LogP contribution in [0.15, 0.2) is 12.1 Å². The van der Waals surface area contributed by atoms with Crippen molar-refractivity contribution in [3.63, 3.8) is 0 Å². The second-order valence-corrected chi connectivity index (χ2v) is 11.5. The fraction of sp³-hybridized carbons (Fsp3) is 0.357. The van der Waals surface area contributed by atoms with Gasteiger partial charge in [-0.2, -0.15) is 15.2 Å². The smallest absolute Gasteiger partial charge is 0.318 e. The summed E-state index contributed by atoms with van der Waals surface area (Å²) < 4.78 is 43.2. The SMILES string of the molecule is COc1nc2c3c(c(Cl)c(-c4ccc(F)c5sc(N)c(C#N)c45)c(F)c3n1)OCCC(C)N2CC1CCCN1C=O. The molecule has 0 spiro atoms. The van der Waals surface area contributed by atoms with Gasteiger partial charge in [0.15, 0.2) is 11.6 Å². The summed E-state index contributed by atoms with van der Waals surface area (Å²) in [6.07, 6.45) is 3.17. The fourth-order valence-electron chi connectivity index (χ4n) is 5.80. The number of likely N-dealkylation sites (tertiary alicyclic amines) is 1. The van der Waals surface area contributed by atoms with Gasteiger partial charge in [0.25, 0.3) is 0 Å². The molecule has 0 aliphatic carbocycles. The lowest BCUT2D eigenvalue weighted by Gasteiger charge is -2.37. The number of hydrogen-bond donors (Lipinski definition) is 1. The van der Waals surface area contributed by atoms with Gasteiger partial charge in [0.2, 0.25) is 6.41 Å². The summed E-state index contributed by atoms with van der Waals surface area (Å²) >= 11 is 7.86. The molecule has 1 fully saturated rings. The molecular formula is C28H25ClF2N6O3S. The zero-order valence-electron chi connectivity index (χ0n) is 22.2. The number of carbonyl (C=O) groups is 1. The number of nitrogen functional groups attached to an aromatic ring is 1. The van der Waals surface area contributed by atoms with Crippen molar-refractivity contribution in [2.45, 2.75) is 38.3 Å². The summed E-state index contributed by atoms with van der Waals surface area (Å²) in [6.45, 7) is 3.42. The molecule has 4 heterocycles. The number of ether oxygens (including phenoxy) is 2. The number of benzene rings is 2. The van der Waals surface area contributed by atoms with E-state index >= 15 is 4.39 Å². The lowest BCUT2D eigenvalue weighted by atomic mass is 9.96. The maximum absolute atomic E-state index is 16.7. The molecule has 2 atom stereocenters. The fourth-order valence-corrected chi connectivity index (χ4v) is 7.08. The van der Waals surface area contributed by atoms with E-state index in [0.717, 1.165) is 30.6 Å². The number of fused-ring (bicyclic) bond motifs is 1. The lowest BCUT2D eigenvalue weighted by Crippen LogP contribution is -2.45. The molecule has 2 N–H and O–H groups in total. The van der Waals surface area contributed by atoms with E-state index in [4.69, 9.17) is 26.8 Å². The average molecular weight is 599 g/mol. The molecule has 2 aliphatic rings. The van der Waals surface area contributed by atoms with Gasteiger partial charge in [-0.3, -0.25) is 4.79 Å². The molecule has 6 rings (SSSR count). The highest BCUT2D eigenvalue weighted by molar-refractivity contribution is 7.23. The molecule has 2 unspecified atom stereocenters. The zero-order chi connectivity index (χ0) is 29.0. The van der Waals surface area contributed by atoms with Crippen molar-refractivity contribution in [2.75, 3.05) is 37.4 Å². The van der Waals surface area contributed by atoms with E-state index in [9.17, 15) is 14.4 Å². The van der Waals surface area contributed by atoms with Gasteiger partial charge in [-0.15, -0.1) is 11.3 Å². The Balaban J connectivity index is 1.66. The van der Waals surface area contributed by atoms with Crippen LogP contribution in [0.3, 0.4) is 0 Å². The standard InChI is InChI=1S/C28H25ClF2N6O3S/c1-13-7-9-40-24-20-23(34-28(39-2)35-27(20)37(13)11-14-4-3-8-36(14)12-38)22(31)19(21(24)29)15-5-6-17(30)25-18(15)16(10-32)26(33)41-25/h5-6,12-14H,3-4,7-9,11,33H2,1-2H3. The molecule has 9 nitrogen and oxygen atoms in total. The van der Waals surface area contributed by atoms with Crippen LogP contribution < -0.4 is 20.1 Å². The van der Waals surface area contributed by atoms with Crippen LogP contribution in [-0.2, 0) is 4.79 Å². The summed E-state index contributed by atoms with van der Waals surface area (Å²) in [5.74, 6) is -0.840. The Morgan fingerprint density at radius 3 is 2.85 bits per heavy atom. The Kier molecular flexibility index (Phi) is 6.95. The summed E-state index contributed by atoms with van der Waals surface area (Å²) in [5, 5.41) is 10.3. The molecule has 2 aromatic carbocycles. The van der Waals surface area contributed by atoms with Crippen LogP contribution in [0.2, 0.25) is 5.02 Å². The maximum atomic E-state index is 16.7. The first kappa shape index (κ1) is 27.2. The number of methoxy groups -OCH3 is 1. The average Bonchev–Trinajstić information content (AvgIpc) is 3.56. The van der Waals surface area contributed by atoms with Crippen LogP contribution in [0.5, 0.6) is 11.8 Å². The summed E-state index contributed by atoms with van der Waals surface area (Å²) in [7, 11) is 1.39. The summed E-state index contributed by atoms with van der Waals surface area (Å²) in [5.41, 5.74) is 6.07. The number of amides is 1. The van der Waals surface area contributed by atoms with Gasteiger partial charge in [0.05, 0.1) is 34.4 Å². The highest BCUT2D eigenvalue weighted by Gasteiger charge is 2.34. The number of hydrogen-bond acceptors (Lipinski definition) is 9. The van der Waals surface area contributed by atoms with E-state index in [1.54, 1.807) is 4.90 Å². The first-order valence-corrected chi connectivity index (χ1v) is 14.3. The number of anilines is 2. The van der Waals surface area contributed by atoms with Crippen molar-refractivity contribution >= 4 is 61.2 Å². The Morgan fingerprint density at radius 1 is 1.32 bits per heavy atom. The van der Waals surface area contributed by atoms with Gasteiger partial charge in [-0.25, -0.2) is 8.78 Å². The Labute approximate surface area is 243 Å². The molecule has 41 heavy (non-hydrogen) atoms. The third-order valence-corrected chi connectivity index (χ3v) is 9.26. The molecule has 212 valence electrons. The number of rotatable bonds is 5. The third-order valence-electron chi connectivity index (χ3n) is 7.88. The maximum Gasteiger partial charge on any atom is 0.318 e. The van der Waals surface area contributed by atoms with E-state index < -0.39 is 11.6 Å². The highest BCUT2D eigenvalue weighted by Crippen LogP contribution is 2.50. The van der Waals surface area contributed by atoms with Crippen LogP contribution in [0.25, 0.3) is 32.1 Å². The van der Waals surface area contributed by atoms with Gasteiger partial charge in [0.1, 0.15) is 28.2 Å². The quantitative estimate of drug-likeness (QED) is 0.299. The molecule has 1 amide bonds. The highest BCUT2D eigenvalue weighted by atomic mass is 35.5. The van der Waals surface area contributed by atoms with Gasteiger partial charge in [0, 0.05) is 42.5 Å². The van der Waals surface area contributed by atoms with E-state index in [2.05, 4.69) is 9.97 Å². The van der Waals surface area contributed by atoms with E-state index in [-0.39, 0.29) is 78.2 Å². The molecule has 13 heteroatoms. The number of aromatic nitrogens is 2.